The van der Waals surface area contributed by atoms with E-state index in [1.165, 1.54) is 11.5 Å². The van der Waals surface area contributed by atoms with E-state index in [0.717, 1.165) is 12.5 Å². The van der Waals surface area contributed by atoms with Crippen LogP contribution in [0, 0.1) is 0 Å². The minimum absolute atomic E-state index is 0.0463. The highest BCUT2D eigenvalue weighted by Gasteiger charge is 2.02. The van der Waals surface area contributed by atoms with Crippen LogP contribution in [0.1, 0.15) is 21.0 Å². The Balaban J connectivity index is 0.000000162. The molecule has 0 saturated carbocycles. The average molecular weight is 311 g/mol. The summed E-state index contributed by atoms with van der Waals surface area (Å²) in [6.45, 7) is 0. The Hall–Kier alpha value is -3.15. The molecular formula is C9H9N7O4S. The maximum Gasteiger partial charge on any atom is 0.272 e. The maximum atomic E-state index is 10.1. The summed E-state index contributed by atoms with van der Waals surface area (Å²) < 4.78 is 12.2. The van der Waals surface area contributed by atoms with Gasteiger partial charge in [-0.25, -0.2) is 4.37 Å². The minimum Gasteiger partial charge on any atom is -0.364 e. The van der Waals surface area contributed by atoms with Gasteiger partial charge in [0.25, 0.3) is 11.8 Å². The third kappa shape index (κ3) is 6.53. The van der Waals surface area contributed by atoms with Crippen molar-refractivity contribution >= 4 is 23.3 Å². The first-order valence-corrected chi connectivity index (χ1v) is 5.93. The van der Waals surface area contributed by atoms with Crippen molar-refractivity contribution in [3.8, 4) is 0 Å². The van der Waals surface area contributed by atoms with Crippen molar-refractivity contribution in [2.24, 2.45) is 11.5 Å². The molecule has 11 nitrogen and oxygen atoms in total. The summed E-state index contributed by atoms with van der Waals surface area (Å²) in [5.74, 6) is -1.27. The van der Waals surface area contributed by atoms with Gasteiger partial charge in [-0.15, -0.1) is 10.2 Å². The van der Waals surface area contributed by atoms with Crippen molar-refractivity contribution in [1.82, 2.24) is 25.1 Å². The molecule has 0 fully saturated rings. The van der Waals surface area contributed by atoms with Crippen molar-refractivity contribution in [3.05, 3.63) is 41.6 Å². The number of carbonyl (C=O) groups is 2. The molecule has 0 radical (unpaired) electrons. The van der Waals surface area contributed by atoms with Crippen LogP contribution in [-0.4, -0.2) is 36.9 Å². The smallest absolute Gasteiger partial charge is 0.272 e. The predicted octanol–water partition coefficient (Wildman–Crippen LogP) is -0.520. The molecule has 0 spiro atoms. The van der Waals surface area contributed by atoms with Crippen LogP contribution in [-0.2, 0) is 0 Å². The van der Waals surface area contributed by atoms with Gasteiger partial charge in [0.1, 0.15) is 0 Å². The van der Waals surface area contributed by atoms with Gasteiger partial charge in [-0.2, -0.15) is 0 Å². The Morgan fingerprint density at radius 3 is 1.67 bits per heavy atom. The van der Waals surface area contributed by atoms with Gasteiger partial charge in [0.05, 0.1) is 0 Å². The van der Waals surface area contributed by atoms with Crippen molar-refractivity contribution in [3.63, 3.8) is 0 Å². The van der Waals surface area contributed by atoms with Crippen LogP contribution in [0.2, 0.25) is 0 Å². The molecule has 12 heteroatoms. The van der Waals surface area contributed by atoms with Gasteiger partial charge in [-0.3, -0.25) is 9.59 Å². The molecule has 3 heterocycles. The summed E-state index contributed by atoms with van der Waals surface area (Å²) in [6.07, 6.45) is 3.94. The largest absolute Gasteiger partial charge is 0.364 e. The lowest BCUT2D eigenvalue weighted by molar-refractivity contribution is 0.0987. The zero-order chi connectivity index (χ0) is 15.5. The van der Waals surface area contributed by atoms with Gasteiger partial charge in [-0.05, 0) is 17.6 Å². The standard InChI is InChI=1S/2C3H3N3O2.C3H3NS/c2*4-3(7)2-1-8-6-5-2;1-2-4-5-3-1/h2*1H,(H2,4,7);1-3H. The van der Waals surface area contributed by atoms with Gasteiger partial charge in [0.15, 0.2) is 23.9 Å². The van der Waals surface area contributed by atoms with Crippen LogP contribution in [0.25, 0.3) is 0 Å². The lowest BCUT2D eigenvalue weighted by atomic mass is 10.5. The number of hydrogen-bond donors (Lipinski definition) is 2. The average Bonchev–Trinajstić information content (AvgIpc) is 3.22. The molecule has 0 atom stereocenters. The number of amides is 2. The van der Waals surface area contributed by atoms with Crippen LogP contribution in [0.3, 0.4) is 0 Å². The summed E-state index contributed by atoms with van der Waals surface area (Å²) in [5, 5.41) is 14.4. The Morgan fingerprint density at radius 2 is 1.52 bits per heavy atom. The molecule has 3 aromatic heterocycles. The molecule has 0 aliphatic carbocycles. The first-order chi connectivity index (χ1) is 10.1. The summed E-state index contributed by atoms with van der Waals surface area (Å²) in [5.41, 5.74) is 9.61. The fourth-order valence-corrected chi connectivity index (χ4v) is 1.07. The first kappa shape index (κ1) is 15.9. The zero-order valence-electron chi connectivity index (χ0n) is 10.3. The van der Waals surface area contributed by atoms with Crippen LogP contribution in [0.5, 0.6) is 0 Å². The predicted molar refractivity (Wildman–Crippen MR) is 67.7 cm³/mol. The van der Waals surface area contributed by atoms with Crippen molar-refractivity contribution in [2.75, 3.05) is 0 Å². The molecule has 0 saturated heterocycles. The monoisotopic (exact) mass is 311 g/mol. The van der Waals surface area contributed by atoms with Gasteiger partial charge in [-0.1, -0.05) is 0 Å². The topological polar surface area (TPSA) is 177 Å². The fraction of sp³-hybridized carbons (Fsp3) is 0. The van der Waals surface area contributed by atoms with E-state index in [-0.39, 0.29) is 11.4 Å². The fourth-order valence-electron chi connectivity index (χ4n) is 0.720. The molecule has 2 amide bonds. The Bertz CT molecular complexity index is 562. The van der Waals surface area contributed by atoms with Crippen LogP contribution in [0.15, 0.2) is 39.2 Å². The van der Waals surface area contributed by atoms with Gasteiger partial charge < -0.3 is 20.5 Å². The van der Waals surface area contributed by atoms with Crippen molar-refractivity contribution < 1.29 is 18.6 Å². The summed E-state index contributed by atoms with van der Waals surface area (Å²) in [7, 11) is 0. The van der Waals surface area contributed by atoms with Crippen LogP contribution < -0.4 is 11.5 Å². The highest BCUT2D eigenvalue weighted by atomic mass is 32.1. The minimum atomic E-state index is -0.633. The summed E-state index contributed by atoms with van der Waals surface area (Å²) >= 11 is 1.46. The molecule has 0 aliphatic heterocycles. The quantitative estimate of drug-likeness (QED) is 0.629. The molecule has 110 valence electrons. The van der Waals surface area contributed by atoms with E-state index in [0.29, 0.717) is 0 Å². The molecule has 0 bridgehead atoms. The second kappa shape index (κ2) is 8.87. The normalized spacial score (nSPS) is 8.76. The van der Waals surface area contributed by atoms with E-state index >= 15 is 0 Å². The molecule has 0 aliphatic rings. The lowest BCUT2D eigenvalue weighted by Crippen LogP contribution is -2.10. The number of nitrogens with zero attached hydrogens (tertiary/aromatic N) is 5. The highest BCUT2D eigenvalue weighted by molar-refractivity contribution is 7.03. The molecular weight excluding hydrogens is 302 g/mol. The number of primary amides is 2. The zero-order valence-corrected chi connectivity index (χ0v) is 11.1. The second-order valence-corrected chi connectivity index (χ2v) is 3.69. The van der Waals surface area contributed by atoms with E-state index in [4.69, 9.17) is 11.5 Å². The Morgan fingerprint density at radius 1 is 1.00 bits per heavy atom. The van der Waals surface area contributed by atoms with Gasteiger partial charge in [0, 0.05) is 22.1 Å². The lowest BCUT2D eigenvalue weighted by Gasteiger charge is -1.75. The van der Waals surface area contributed by atoms with E-state index in [2.05, 4.69) is 34.2 Å². The van der Waals surface area contributed by atoms with Crippen molar-refractivity contribution in [1.29, 1.82) is 0 Å². The van der Waals surface area contributed by atoms with Gasteiger partial charge in [0.2, 0.25) is 0 Å². The van der Waals surface area contributed by atoms with Crippen molar-refractivity contribution in [2.45, 2.75) is 0 Å². The summed E-state index contributed by atoms with van der Waals surface area (Å²) in [6, 6.07) is 1.91. The van der Waals surface area contributed by atoms with Crippen LogP contribution >= 0.6 is 11.5 Å². The number of rotatable bonds is 2. The first-order valence-electron chi connectivity index (χ1n) is 5.09. The number of aromatic nitrogens is 5. The third-order valence-electron chi connectivity index (χ3n) is 1.57. The SMILES string of the molecule is NC(=O)c1conn1.NC(=O)c1conn1.c1cnsc1. The third-order valence-corrected chi connectivity index (χ3v) is 2.09. The molecule has 21 heavy (non-hydrogen) atoms. The molecule has 0 unspecified atom stereocenters. The van der Waals surface area contributed by atoms with E-state index < -0.39 is 11.8 Å². The highest BCUT2D eigenvalue weighted by Crippen LogP contribution is 1.86. The number of nitrogens with two attached hydrogens (primary N) is 2. The number of hydrogen-bond acceptors (Lipinski definition) is 10. The van der Waals surface area contributed by atoms with Crippen LogP contribution in [0.4, 0.5) is 0 Å². The maximum absolute atomic E-state index is 10.1. The number of carbonyl (C=O) groups excluding carboxylic acids is 2. The molecule has 4 N–H and O–H groups in total. The molecule has 3 rings (SSSR count). The Kier molecular flexibility index (Phi) is 6.72. The van der Waals surface area contributed by atoms with E-state index in [1.807, 2.05) is 11.4 Å². The molecule has 0 aromatic carbocycles. The summed E-state index contributed by atoms with van der Waals surface area (Å²) in [4.78, 5) is 20.2. The second-order valence-electron chi connectivity index (χ2n) is 3.00. The van der Waals surface area contributed by atoms with Gasteiger partial charge >= 0.3 is 0 Å². The Labute approximate surface area is 121 Å². The van der Waals surface area contributed by atoms with E-state index in [1.54, 1.807) is 6.20 Å². The van der Waals surface area contributed by atoms with E-state index in [9.17, 15) is 9.59 Å². The molecule has 3 aromatic rings.